The van der Waals surface area contributed by atoms with Gasteiger partial charge < -0.3 is 9.64 Å². The van der Waals surface area contributed by atoms with Gasteiger partial charge in [0.2, 0.25) is 0 Å². The van der Waals surface area contributed by atoms with E-state index in [-0.39, 0.29) is 0 Å². The Morgan fingerprint density at radius 2 is 1.84 bits per heavy atom. The van der Waals surface area contributed by atoms with Crippen LogP contribution < -0.4 is 4.90 Å². The lowest BCUT2D eigenvalue weighted by Gasteiger charge is -2.27. The molecule has 4 rings (SSSR count). The summed E-state index contributed by atoms with van der Waals surface area (Å²) in [7, 11) is 0. The fourth-order valence-electron chi connectivity index (χ4n) is 2.88. The predicted octanol–water partition coefficient (Wildman–Crippen LogP) is 3.08. The molecule has 0 radical (unpaired) electrons. The average Bonchev–Trinajstić information content (AvgIpc) is 3.12. The number of rotatable bonds is 3. The molecule has 1 aliphatic heterocycles. The molecule has 3 heterocycles. The molecule has 1 fully saturated rings. The number of morpholine rings is 1. The van der Waals surface area contributed by atoms with E-state index in [1.165, 1.54) is 5.56 Å². The third-order valence-corrected chi connectivity index (χ3v) is 4.63. The van der Waals surface area contributed by atoms with Gasteiger partial charge in [-0.25, -0.2) is 14.6 Å². The fourth-order valence-corrected chi connectivity index (χ4v) is 3.37. The maximum Gasteiger partial charge on any atom is 0.194 e. The number of hydrogen-bond acceptors (Lipinski definition) is 5. The molecule has 0 saturated carbocycles. The van der Waals surface area contributed by atoms with E-state index in [4.69, 9.17) is 9.84 Å². The minimum Gasteiger partial charge on any atom is -0.378 e. The van der Waals surface area contributed by atoms with E-state index in [1.807, 2.05) is 29.1 Å². The van der Waals surface area contributed by atoms with Crippen LogP contribution in [0.1, 0.15) is 5.56 Å². The lowest BCUT2D eigenvalue weighted by Crippen LogP contribution is -2.37. The molecule has 3 aromatic rings. The zero-order valence-corrected chi connectivity index (χ0v) is 16.0. The van der Waals surface area contributed by atoms with Crippen LogP contribution in [-0.4, -0.2) is 46.1 Å². The van der Waals surface area contributed by atoms with Crippen LogP contribution in [0.5, 0.6) is 0 Å². The molecule has 0 bridgehead atoms. The molecule has 25 heavy (non-hydrogen) atoms. The first-order valence-corrected chi connectivity index (χ1v) is 9.27. The van der Waals surface area contributed by atoms with E-state index in [1.54, 1.807) is 0 Å². The number of benzene rings is 1. The van der Waals surface area contributed by atoms with Gasteiger partial charge in [-0.3, -0.25) is 0 Å². The van der Waals surface area contributed by atoms with Crippen LogP contribution in [0.4, 0.5) is 5.82 Å². The molecular formula is C18H18IN5O. The number of halogens is 1. The maximum atomic E-state index is 5.42. The molecule has 6 nitrogen and oxygen atoms in total. The van der Waals surface area contributed by atoms with Crippen molar-refractivity contribution in [3.05, 3.63) is 52.0 Å². The largest absolute Gasteiger partial charge is 0.378 e. The van der Waals surface area contributed by atoms with E-state index in [2.05, 4.69) is 62.6 Å². The van der Waals surface area contributed by atoms with Crippen molar-refractivity contribution in [3.8, 4) is 17.1 Å². The molecule has 0 unspecified atom stereocenters. The van der Waals surface area contributed by atoms with Gasteiger partial charge in [0.1, 0.15) is 5.82 Å². The third-order valence-electron chi connectivity index (χ3n) is 4.14. The highest BCUT2D eigenvalue weighted by molar-refractivity contribution is 14.1. The molecule has 1 aliphatic rings. The Morgan fingerprint density at radius 1 is 1.04 bits per heavy atom. The Labute approximate surface area is 160 Å². The Morgan fingerprint density at radius 3 is 2.64 bits per heavy atom. The van der Waals surface area contributed by atoms with E-state index in [0.29, 0.717) is 3.83 Å². The molecule has 1 aromatic carbocycles. The van der Waals surface area contributed by atoms with Gasteiger partial charge in [0.15, 0.2) is 9.65 Å². The zero-order valence-electron chi connectivity index (χ0n) is 13.9. The molecule has 0 spiro atoms. The van der Waals surface area contributed by atoms with Gasteiger partial charge in [-0.1, -0.05) is 23.8 Å². The maximum absolute atomic E-state index is 5.42. The van der Waals surface area contributed by atoms with Crippen molar-refractivity contribution in [1.29, 1.82) is 0 Å². The minimum absolute atomic E-state index is 0.712. The number of aromatic nitrogens is 4. The molecule has 7 heteroatoms. The molecule has 0 atom stereocenters. The Bertz CT molecular complexity index is 889. The van der Waals surface area contributed by atoms with E-state index in [0.717, 1.165) is 49.2 Å². The molecule has 0 N–H and O–H groups in total. The van der Waals surface area contributed by atoms with Crippen molar-refractivity contribution in [2.45, 2.75) is 6.92 Å². The Hall–Kier alpha value is -2.00. The predicted molar refractivity (Wildman–Crippen MR) is 105 cm³/mol. The first-order valence-electron chi connectivity index (χ1n) is 8.19. The van der Waals surface area contributed by atoms with Gasteiger partial charge in [-0.15, -0.1) is 0 Å². The fraction of sp³-hybridized carbons (Fsp3) is 0.278. The first kappa shape index (κ1) is 16.5. The van der Waals surface area contributed by atoms with Gasteiger partial charge in [-0.2, -0.15) is 5.10 Å². The van der Waals surface area contributed by atoms with Crippen LogP contribution in [0.2, 0.25) is 0 Å². The van der Waals surface area contributed by atoms with Gasteiger partial charge in [-0.05, 0) is 19.1 Å². The van der Waals surface area contributed by atoms with Crippen LogP contribution in [0.25, 0.3) is 17.1 Å². The minimum atomic E-state index is 0.712. The molecule has 1 saturated heterocycles. The molecule has 0 aliphatic carbocycles. The van der Waals surface area contributed by atoms with E-state index in [9.17, 15) is 0 Å². The zero-order chi connectivity index (χ0) is 17.2. The smallest absolute Gasteiger partial charge is 0.194 e. The normalized spacial score (nSPS) is 14.7. The van der Waals surface area contributed by atoms with Crippen LogP contribution >= 0.6 is 22.6 Å². The number of hydrogen-bond donors (Lipinski definition) is 0. The summed E-state index contributed by atoms with van der Waals surface area (Å²) in [5, 5.41) is 4.70. The van der Waals surface area contributed by atoms with Crippen molar-refractivity contribution in [1.82, 2.24) is 19.7 Å². The highest BCUT2D eigenvalue weighted by Gasteiger charge is 2.15. The second-order valence-electron chi connectivity index (χ2n) is 5.97. The summed E-state index contributed by atoms with van der Waals surface area (Å²) in [5.74, 6) is 1.70. The van der Waals surface area contributed by atoms with Crippen molar-refractivity contribution in [2.75, 3.05) is 31.2 Å². The monoisotopic (exact) mass is 447 g/mol. The number of aryl methyl sites for hydroxylation is 1. The first-order chi connectivity index (χ1) is 12.2. The average molecular weight is 447 g/mol. The van der Waals surface area contributed by atoms with Crippen LogP contribution in [0.3, 0.4) is 0 Å². The van der Waals surface area contributed by atoms with Gasteiger partial charge in [0, 0.05) is 53.5 Å². The number of ether oxygens (including phenoxy) is 1. The van der Waals surface area contributed by atoms with Gasteiger partial charge in [0.25, 0.3) is 0 Å². The SMILES string of the molecule is Cc1cccc(-c2ccn(-c3cc(N4CCOCC4)nc(I)n3)n2)c1. The number of nitrogens with zero attached hydrogens (tertiary/aromatic N) is 5. The molecule has 0 amide bonds. The lowest BCUT2D eigenvalue weighted by atomic mass is 10.1. The van der Waals surface area contributed by atoms with E-state index < -0.39 is 0 Å². The second-order valence-corrected chi connectivity index (χ2v) is 6.93. The third kappa shape index (κ3) is 3.67. The summed E-state index contributed by atoms with van der Waals surface area (Å²) >= 11 is 2.16. The van der Waals surface area contributed by atoms with Crippen LogP contribution in [0.15, 0.2) is 42.6 Å². The van der Waals surface area contributed by atoms with Crippen LogP contribution in [0, 0.1) is 10.8 Å². The molecule has 128 valence electrons. The molecular weight excluding hydrogens is 429 g/mol. The van der Waals surface area contributed by atoms with Crippen molar-refractivity contribution < 1.29 is 4.74 Å². The summed E-state index contributed by atoms with van der Waals surface area (Å²) in [4.78, 5) is 11.3. The highest BCUT2D eigenvalue weighted by Crippen LogP contribution is 2.21. The Kier molecular flexibility index (Phi) is 4.67. The summed E-state index contributed by atoms with van der Waals surface area (Å²) in [6.07, 6.45) is 1.94. The summed E-state index contributed by atoms with van der Waals surface area (Å²) in [6, 6.07) is 12.3. The lowest BCUT2D eigenvalue weighted by molar-refractivity contribution is 0.122. The quantitative estimate of drug-likeness (QED) is 0.457. The standard InChI is InChI=1S/C18H18IN5O/c1-13-3-2-4-14(11-13)15-5-6-24(22-15)17-12-16(20-18(19)21-17)23-7-9-25-10-8-23/h2-6,11-12H,7-10H2,1H3. The second kappa shape index (κ2) is 7.09. The van der Waals surface area contributed by atoms with E-state index >= 15 is 0 Å². The van der Waals surface area contributed by atoms with Crippen molar-refractivity contribution in [3.63, 3.8) is 0 Å². The summed E-state index contributed by atoms with van der Waals surface area (Å²) in [6.45, 7) is 5.24. The van der Waals surface area contributed by atoms with Crippen LogP contribution in [-0.2, 0) is 4.74 Å². The Balaban J connectivity index is 1.67. The van der Waals surface area contributed by atoms with Crippen molar-refractivity contribution >= 4 is 28.4 Å². The van der Waals surface area contributed by atoms with Gasteiger partial charge >= 0.3 is 0 Å². The van der Waals surface area contributed by atoms with Crippen molar-refractivity contribution in [2.24, 2.45) is 0 Å². The number of anilines is 1. The highest BCUT2D eigenvalue weighted by atomic mass is 127. The topological polar surface area (TPSA) is 56.1 Å². The molecule has 2 aromatic heterocycles. The summed E-state index contributed by atoms with van der Waals surface area (Å²) in [5.41, 5.74) is 3.26. The van der Waals surface area contributed by atoms with Gasteiger partial charge in [0.05, 0.1) is 18.9 Å². The summed E-state index contributed by atoms with van der Waals surface area (Å²) < 4.78 is 7.95.